The Bertz CT molecular complexity index is 869. The molecule has 0 aromatic heterocycles. The van der Waals surface area contributed by atoms with Gasteiger partial charge in [0, 0.05) is 40.1 Å². The first-order valence-corrected chi connectivity index (χ1v) is 9.94. The molecule has 0 atom stereocenters. The summed E-state index contributed by atoms with van der Waals surface area (Å²) in [6, 6.07) is 10.5. The van der Waals surface area contributed by atoms with E-state index in [9.17, 15) is 13.2 Å². The fourth-order valence-electron chi connectivity index (χ4n) is 2.18. The average Bonchev–Trinajstić information content (AvgIpc) is 2.60. The predicted octanol–water partition coefficient (Wildman–Crippen LogP) is 3.73. The highest BCUT2D eigenvalue weighted by molar-refractivity contribution is 7.89. The minimum Gasteiger partial charge on any atom is -0.289 e. The van der Waals surface area contributed by atoms with Gasteiger partial charge < -0.3 is 0 Å². The smallest absolute Gasteiger partial charge is 0.244 e. The first kappa shape index (κ1) is 21.0. The molecule has 6 nitrogen and oxygen atoms in total. The minimum atomic E-state index is -3.96. The molecule has 0 saturated heterocycles. The van der Waals surface area contributed by atoms with Crippen LogP contribution in [0.4, 0.5) is 0 Å². The number of nitrogens with one attached hydrogen (secondary N) is 1. The third-order valence-electron chi connectivity index (χ3n) is 3.56. The molecule has 0 aliphatic carbocycles. The van der Waals surface area contributed by atoms with Gasteiger partial charge in [-0.05, 0) is 36.4 Å². The van der Waals surface area contributed by atoms with Gasteiger partial charge in [0.15, 0.2) is 0 Å². The predicted molar refractivity (Wildman–Crippen MR) is 100 cm³/mol. The lowest BCUT2D eigenvalue weighted by Crippen LogP contribution is -2.34. The summed E-state index contributed by atoms with van der Waals surface area (Å²) >= 11 is 18.1. The monoisotopic (exact) mass is 436 g/mol. The standard InChI is InChI=1S/C16H15Cl3N2O4S/c17-11-4-6-12(7-5-11)26(24,25)21(9-8-16(22)20-23)10-13-14(18)2-1-3-15(13)19/h1-7,23H,8-10H2,(H,20,22). The number of nitrogens with zero attached hydrogens (tertiary/aromatic N) is 1. The SMILES string of the molecule is O=C(CCN(Cc1c(Cl)cccc1Cl)S(=O)(=O)c1ccc(Cl)cc1)NO. The topological polar surface area (TPSA) is 86.7 Å². The number of carbonyl (C=O) groups excluding carboxylic acids is 1. The van der Waals surface area contributed by atoms with Crippen molar-refractivity contribution in [1.29, 1.82) is 0 Å². The second kappa shape index (κ2) is 9.03. The average molecular weight is 438 g/mol. The summed E-state index contributed by atoms with van der Waals surface area (Å²) in [5.74, 6) is -0.716. The molecule has 2 rings (SSSR count). The quantitative estimate of drug-likeness (QED) is 0.510. The molecule has 0 fully saturated rings. The van der Waals surface area contributed by atoms with E-state index in [4.69, 9.17) is 40.0 Å². The second-order valence-electron chi connectivity index (χ2n) is 5.28. The fourth-order valence-corrected chi connectivity index (χ4v) is 4.23. The number of hydroxylamine groups is 1. The maximum atomic E-state index is 13.0. The van der Waals surface area contributed by atoms with Crippen molar-refractivity contribution in [1.82, 2.24) is 9.79 Å². The summed E-state index contributed by atoms with van der Waals surface area (Å²) < 4.78 is 27.0. The van der Waals surface area contributed by atoms with E-state index in [0.29, 0.717) is 20.6 Å². The molecule has 140 valence electrons. The number of amides is 1. The molecule has 0 heterocycles. The lowest BCUT2D eigenvalue weighted by Gasteiger charge is -2.23. The van der Waals surface area contributed by atoms with Crippen LogP contribution < -0.4 is 5.48 Å². The van der Waals surface area contributed by atoms with E-state index in [1.165, 1.54) is 29.7 Å². The normalized spacial score (nSPS) is 11.6. The summed E-state index contributed by atoms with van der Waals surface area (Å²) in [5, 5.41) is 9.66. The number of sulfonamides is 1. The van der Waals surface area contributed by atoms with Crippen LogP contribution in [0.2, 0.25) is 15.1 Å². The van der Waals surface area contributed by atoms with Crippen LogP contribution in [0, 0.1) is 0 Å². The lowest BCUT2D eigenvalue weighted by atomic mass is 10.2. The highest BCUT2D eigenvalue weighted by Gasteiger charge is 2.26. The summed E-state index contributed by atoms with van der Waals surface area (Å²) in [5.41, 5.74) is 1.89. The van der Waals surface area contributed by atoms with E-state index in [1.54, 1.807) is 18.2 Å². The third kappa shape index (κ3) is 5.09. The minimum absolute atomic E-state index is 0.00878. The Morgan fingerprint density at radius 2 is 1.62 bits per heavy atom. The molecule has 0 aliphatic rings. The number of halogens is 3. The van der Waals surface area contributed by atoms with Crippen LogP contribution >= 0.6 is 34.8 Å². The van der Waals surface area contributed by atoms with E-state index in [2.05, 4.69) is 0 Å². The summed E-state index contributed by atoms with van der Waals surface area (Å²) in [6.07, 6.45) is -0.245. The van der Waals surface area contributed by atoms with Gasteiger partial charge in [-0.25, -0.2) is 13.9 Å². The Morgan fingerprint density at radius 1 is 1.04 bits per heavy atom. The van der Waals surface area contributed by atoms with E-state index in [0.717, 1.165) is 4.31 Å². The molecular weight excluding hydrogens is 423 g/mol. The fraction of sp³-hybridized carbons (Fsp3) is 0.188. The van der Waals surface area contributed by atoms with E-state index >= 15 is 0 Å². The zero-order valence-corrected chi connectivity index (χ0v) is 16.4. The van der Waals surface area contributed by atoms with E-state index in [-0.39, 0.29) is 24.4 Å². The number of hydrogen-bond acceptors (Lipinski definition) is 4. The number of benzene rings is 2. The molecule has 0 spiro atoms. The van der Waals surface area contributed by atoms with Gasteiger partial charge in [-0.3, -0.25) is 10.0 Å². The molecule has 0 radical (unpaired) electrons. The third-order valence-corrected chi connectivity index (χ3v) is 6.38. The van der Waals surface area contributed by atoms with Crippen molar-refractivity contribution in [3.63, 3.8) is 0 Å². The number of carbonyl (C=O) groups is 1. The van der Waals surface area contributed by atoms with Crippen LogP contribution in [0.15, 0.2) is 47.4 Å². The van der Waals surface area contributed by atoms with Crippen LogP contribution in [-0.4, -0.2) is 30.4 Å². The number of rotatable bonds is 7. The van der Waals surface area contributed by atoms with Crippen molar-refractivity contribution < 1.29 is 18.4 Å². The lowest BCUT2D eigenvalue weighted by molar-refractivity contribution is -0.129. The van der Waals surface area contributed by atoms with Crippen LogP contribution in [0.25, 0.3) is 0 Å². The Kier molecular flexibility index (Phi) is 7.28. The highest BCUT2D eigenvalue weighted by Crippen LogP contribution is 2.28. The van der Waals surface area contributed by atoms with E-state index in [1.807, 2.05) is 0 Å². The summed E-state index contributed by atoms with van der Waals surface area (Å²) in [6.45, 7) is -0.318. The molecule has 0 saturated carbocycles. The van der Waals surface area contributed by atoms with Crippen molar-refractivity contribution >= 4 is 50.7 Å². The van der Waals surface area contributed by atoms with Gasteiger partial charge in [0.25, 0.3) is 0 Å². The van der Waals surface area contributed by atoms with Gasteiger partial charge in [0.1, 0.15) is 0 Å². The molecule has 1 amide bonds. The van der Waals surface area contributed by atoms with Gasteiger partial charge in [-0.1, -0.05) is 40.9 Å². The van der Waals surface area contributed by atoms with Crippen molar-refractivity contribution in [2.75, 3.05) is 6.54 Å². The molecule has 2 aromatic carbocycles. The molecule has 26 heavy (non-hydrogen) atoms. The van der Waals surface area contributed by atoms with Crippen molar-refractivity contribution in [3.05, 3.63) is 63.1 Å². The first-order valence-electron chi connectivity index (χ1n) is 7.37. The molecule has 2 N–H and O–H groups in total. The van der Waals surface area contributed by atoms with Crippen molar-refractivity contribution in [2.24, 2.45) is 0 Å². The molecule has 0 aliphatic heterocycles. The number of hydrogen-bond donors (Lipinski definition) is 2. The van der Waals surface area contributed by atoms with Crippen LogP contribution in [0.5, 0.6) is 0 Å². The Balaban J connectivity index is 2.39. The van der Waals surface area contributed by atoms with Gasteiger partial charge >= 0.3 is 0 Å². The zero-order chi connectivity index (χ0) is 19.3. The Hall–Kier alpha value is -1.35. The second-order valence-corrected chi connectivity index (χ2v) is 8.47. The van der Waals surface area contributed by atoms with Gasteiger partial charge in [0.05, 0.1) is 4.90 Å². The van der Waals surface area contributed by atoms with Crippen molar-refractivity contribution in [2.45, 2.75) is 17.9 Å². The molecule has 10 heteroatoms. The van der Waals surface area contributed by atoms with E-state index < -0.39 is 15.9 Å². The van der Waals surface area contributed by atoms with Gasteiger partial charge in [0.2, 0.25) is 15.9 Å². The van der Waals surface area contributed by atoms with Gasteiger partial charge in [-0.2, -0.15) is 4.31 Å². The molecule has 0 unspecified atom stereocenters. The Labute approximate surface area is 166 Å². The van der Waals surface area contributed by atoms with Crippen LogP contribution in [-0.2, 0) is 21.4 Å². The maximum absolute atomic E-state index is 13.0. The zero-order valence-electron chi connectivity index (χ0n) is 13.3. The van der Waals surface area contributed by atoms with Crippen LogP contribution in [0.3, 0.4) is 0 Å². The highest BCUT2D eigenvalue weighted by atomic mass is 35.5. The maximum Gasteiger partial charge on any atom is 0.244 e. The molecule has 2 aromatic rings. The van der Waals surface area contributed by atoms with Crippen molar-refractivity contribution in [3.8, 4) is 0 Å². The van der Waals surface area contributed by atoms with Crippen LogP contribution in [0.1, 0.15) is 12.0 Å². The summed E-state index contributed by atoms with van der Waals surface area (Å²) in [4.78, 5) is 11.4. The molecular formula is C16H15Cl3N2O4S. The first-order chi connectivity index (χ1) is 12.3. The van der Waals surface area contributed by atoms with Gasteiger partial charge in [-0.15, -0.1) is 0 Å². The largest absolute Gasteiger partial charge is 0.289 e. The Morgan fingerprint density at radius 3 is 2.15 bits per heavy atom. The molecule has 0 bridgehead atoms. The summed E-state index contributed by atoms with van der Waals surface area (Å²) in [7, 11) is -3.96.